The van der Waals surface area contributed by atoms with Crippen molar-refractivity contribution in [3.05, 3.63) is 158 Å². The molecule has 0 nitrogen and oxygen atoms in total. The summed E-state index contributed by atoms with van der Waals surface area (Å²) in [5.41, 5.74) is 0.210. The van der Waals surface area contributed by atoms with Gasteiger partial charge in [0, 0.05) is 0 Å². The van der Waals surface area contributed by atoms with E-state index in [1.807, 2.05) is 60.7 Å². The van der Waals surface area contributed by atoms with Crippen LogP contribution in [0.2, 0.25) is 13.1 Å². The summed E-state index contributed by atoms with van der Waals surface area (Å²) in [7, 11) is 0. The van der Waals surface area contributed by atoms with E-state index in [4.69, 9.17) is 0 Å². The van der Waals surface area contributed by atoms with Crippen molar-refractivity contribution in [3.8, 4) is 0 Å². The molecule has 0 N–H and O–H groups in total. The molecule has 0 unspecified atom stereocenters. The van der Waals surface area contributed by atoms with Gasteiger partial charge in [-0.25, -0.2) is 0 Å². The van der Waals surface area contributed by atoms with Gasteiger partial charge in [-0.15, -0.1) is 59.3 Å². The zero-order valence-electron chi connectivity index (χ0n) is 19.9. The molecule has 0 radical (unpaired) electrons. The third-order valence-electron chi connectivity index (χ3n) is 4.31. The third kappa shape index (κ3) is 12.4. The van der Waals surface area contributed by atoms with E-state index in [0.717, 1.165) is 0 Å². The van der Waals surface area contributed by atoms with E-state index in [1.54, 1.807) is 23.3 Å². The van der Waals surface area contributed by atoms with Crippen molar-refractivity contribution >= 4 is 27.0 Å². The summed E-state index contributed by atoms with van der Waals surface area (Å²) in [5.74, 6) is 0. The van der Waals surface area contributed by atoms with Gasteiger partial charge in [0.15, 0.2) is 0 Å². The molecule has 170 valence electrons. The van der Waals surface area contributed by atoms with E-state index >= 15 is 0 Å². The Morgan fingerprint density at radius 1 is 0.529 bits per heavy atom. The van der Waals surface area contributed by atoms with Crippen LogP contribution in [0.3, 0.4) is 0 Å². The number of hydrogen-bond donors (Lipinski definition) is 0. The van der Waals surface area contributed by atoms with Gasteiger partial charge in [0.25, 0.3) is 0 Å². The fourth-order valence-corrected chi connectivity index (χ4v) is 2.82. The molecule has 0 atom stereocenters. The van der Waals surface area contributed by atoms with Gasteiger partial charge in [-0.1, -0.05) is 12.1 Å². The largest absolute Gasteiger partial charge is 0.184 e. The molecule has 0 aromatic heterocycles. The monoisotopic (exact) mass is 532 g/mol. The zero-order chi connectivity index (χ0) is 24.3. The summed E-state index contributed by atoms with van der Waals surface area (Å²) < 4.78 is 0. The van der Waals surface area contributed by atoms with Gasteiger partial charge in [-0.2, -0.15) is 108 Å². The molecule has 34 heavy (non-hydrogen) atoms. The maximum absolute atomic E-state index is 2.89. The predicted molar refractivity (Wildman–Crippen MR) is 147 cm³/mol. The van der Waals surface area contributed by atoms with Crippen molar-refractivity contribution in [2.45, 2.75) is 13.1 Å². The Morgan fingerprint density at radius 2 is 0.882 bits per heavy atom. The van der Waals surface area contributed by atoms with Crippen LogP contribution in [-0.2, 0) is 23.3 Å². The number of rotatable bonds is 0. The minimum absolute atomic E-state index is 0.210. The van der Waals surface area contributed by atoms with Crippen LogP contribution in [0.1, 0.15) is 0 Å². The summed E-state index contributed by atoms with van der Waals surface area (Å²) in [6, 6.07) is 54.3. The minimum atomic E-state index is 0.210. The standard InChI is InChI=1S/2C9H7.2C6H5.C2H6Si.Zr/c2*1-2-5-9-7-3-6-8(9)4-1;2*1-2-4-6-5-3-1;1-3-2;/h2*1-7H;2*1-5H;1-2H3;/q4*-1;;. The topological polar surface area (TPSA) is 0 Å². The molecule has 6 aromatic rings. The summed E-state index contributed by atoms with van der Waals surface area (Å²) in [6.45, 7) is 4.62. The first kappa shape index (κ1) is 27.4. The first-order valence-corrected chi connectivity index (χ1v) is 17.4. The molecule has 0 aliphatic heterocycles. The second kappa shape index (κ2) is 17.6. The van der Waals surface area contributed by atoms with Crippen LogP contribution in [0.4, 0.5) is 0 Å². The van der Waals surface area contributed by atoms with E-state index in [0.29, 0.717) is 0 Å². The van der Waals surface area contributed by atoms with Crippen LogP contribution in [0.5, 0.6) is 0 Å². The van der Waals surface area contributed by atoms with E-state index in [2.05, 4.69) is 110 Å². The maximum atomic E-state index is 2.89. The van der Waals surface area contributed by atoms with Crippen LogP contribution in [0.25, 0.3) is 21.5 Å². The third-order valence-corrected chi connectivity index (χ3v) is 4.31. The predicted octanol–water partition coefficient (Wildman–Crippen LogP) is 8.88. The molecule has 0 saturated heterocycles. The van der Waals surface area contributed by atoms with Crippen LogP contribution < -0.4 is 0 Å². The van der Waals surface area contributed by atoms with E-state index in [9.17, 15) is 0 Å². The summed E-state index contributed by atoms with van der Waals surface area (Å²) in [5, 5.41) is 5.32. The molecule has 0 spiro atoms. The first-order chi connectivity index (χ1) is 16.7. The minimum Gasteiger partial charge on any atom is -0.184 e. The van der Waals surface area contributed by atoms with E-state index in [-0.39, 0.29) is 5.43 Å². The fourth-order valence-electron chi connectivity index (χ4n) is 2.82. The molecule has 0 saturated carbocycles. The molecule has 6 rings (SSSR count). The van der Waals surface area contributed by atoms with E-state index in [1.165, 1.54) is 21.5 Å². The van der Waals surface area contributed by atoms with Gasteiger partial charge in [-0.3, -0.25) is 0 Å². The SMILES string of the molecule is C[Si](C)=[Zr].[c-]1ccccc1.[c-]1ccccc1.c1ccc2[cH-]ccc2c1.c1ccc2[cH-]ccc2c1. The van der Waals surface area contributed by atoms with E-state index < -0.39 is 0 Å². The average Bonchev–Trinajstić information content (AvgIpc) is 3.57. The smallest absolute Gasteiger partial charge is 0.0809 e. The molecule has 2 heteroatoms. The van der Waals surface area contributed by atoms with Crippen molar-refractivity contribution in [2.24, 2.45) is 0 Å². The van der Waals surface area contributed by atoms with Crippen LogP contribution in [-0.4, -0.2) is 5.43 Å². The molecule has 0 heterocycles. The maximum Gasteiger partial charge on any atom is -0.0809 e. The quantitative estimate of drug-likeness (QED) is 0.135. The summed E-state index contributed by atoms with van der Waals surface area (Å²) in [6.07, 6.45) is 0. The van der Waals surface area contributed by atoms with Gasteiger partial charge in [0.1, 0.15) is 0 Å². The van der Waals surface area contributed by atoms with Gasteiger partial charge in [0.05, 0.1) is 0 Å². The Kier molecular flexibility index (Phi) is 14.2. The molecule has 6 aromatic carbocycles. The van der Waals surface area contributed by atoms with Gasteiger partial charge >= 0.3 is 41.9 Å². The van der Waals surface area contributed by atoms with Crippen molar-refractivity contribution in [2.75, 3.05) is 0 Å². The molecular formula is C32H30SiZr-4. The zero-order valence-corrected chi connectivity index (χ0v) is 23.3. The summed E-state index contributed by atoms with van der Waals surface area (Å²) >= 11 is 1.74. The van der Waals surface area contributed by atoms with Gasteiger partial charge < -0.3 is 0 Å². The Hall–Kier alpha value is -2.80. The fraction of sp³-hybridized carbons (Fsp3) is 0.0625. The molecule has 0 fully saturated rings. The van der Waals surface area contributed by atoms with Crippen molar-refractivity contribution in [1.29, 1.82) is 0 Å². The molecular weight excluding hydrogens is 504 g/mol. The number of fused-ring (bicyclic) bond motifs is 2. The first-order valence-electron chi connectivity index (χ1n) is 11.2. The van der Waals surface area contributed by atoms with Crippen LogP contribution in [0, 0.1) is 12.1 Å². The number of hydrogen-bond acceptors (Lipinski definition) is 0. The Labute approximate surface area is 220 Å². The molecule has 0 aliphatic rings. The molecule has 0 aliphatic carbocycles. The van der Waals surface area contributed by atoms with Crippen LogP contribution >= 0.6 is 0 Å². The van der Waals surface area contributed by atoms with Crippen molar-refractivity contribution in [1.82, 2.24) is 0 Å². The van der Waals surface area contributed by atoms with Crippen molar-refractivity contribution < 1.29 is 23.3 Å². The second-order valence-corrected chi connectivity index (χ2v) is 16.8. The van der Waals surface area contributed by atoms with Gasteiger partial charge in [-0.05, 0) is 0 Å². The summed E-state index contributed by atoms with van der Waals surface area (Å²) in [4.78, 5) is 0. The Balaban J connectivity index is 0.000000155. The number of benzene rings is 4. The second-order valence-electron chi connectivity index (χ2n) is 7.46. The van der Waals surface area contributed by atoms with Crippen molar-refractivity contribution in [3.63, 3.8) is 0 Å². The Morgan fingerprint density at radius 3 is 1.15 bits per heavy atom. The normalized spacial score (nSPS) is 8.97. The van der Waals surface area contributed by atoms with Gasteiger partial charge in [0.2, 0.25) is 0 Å². The molecule has 0 amide bonds. The average molecular weight is 534 g/mol. The molecule has 0 bridgehead atoms. The van der Waals surface area contributed by atoms with Crippen LogP contribution in [0.15, 0.2) is 146 Å². The Bertz CT molecular complexity index is 1070.